The van der Waals surface area contributed by atoms with Crippen LogP contribution in [0.5, 0.6) is 0 Å². The fourth-order valence-corrected chi connectivity index (χ4v) is 5.49. The molecule has 0 aromatic heterocycles. The number of benzene rings is 1. The van der Waals surface area contributed by atoms with Crippen molar-refractivity contribution >= 4 is 17.4 Å². The Morgan fingerprint density at radius 2 is 2.09 bits per heavy atom. The summed E-state index contributed by atoms with van der Waals surface area (Å²) in [7, 11) is 0. The summed E-state index contributed by atoms with van der Waals surface area (Å²) >= 11 is 2.02. The van der Waals surface area contributed by atoms with Crippen LogP contribution in [0.1, 0.15) is 24.8 Å². The molecule has 2 unspecified atom stereocenters. The smallest absolute Gasteiger partial charge is 0.129 e. The monoisotopic (exact) mass is 336 g/mol. The Morgan fingerprint density at radius 3 is 2.96 bits per heavy atom. The molecular weight excluding hydrogens is 311 g/mol. The number of hydrogen-bond acceptors (Lipinski definition) is 4. The van der Waals surface area contributed by atoms with E-state index in [9.17, 15) is 4.39 Å². The first-order valence-corrected chi connectivity index (χ1v) is 9.83. The van der Waals surface area contributed by atoms with Crippen LogP contribution in [0, 0.1) is 5.82 Å². The van der Waals surface area contributed by atoms with Crippen LogP contribution in [0.3, 0.4) is 0 Å². The summed E-state index contributed by atoms with van der Waals surface area (Å²) in [5.74, 6) is 1.08. The van der Waals surface area contributed by atoms with Gasteiger partial charge in [0.2, 0.25) is 0 Å². The molecule has 0 radical (unpaired) electrons. The summed E-state index contributed by atoms with van der Waals surface area (Å²) in [6, 6.07) is 6.11. The zero-order valence-corrected chi connectivity index (χ0v) is 14.4. The molecule has 0 N–H and O–H groups in total. The summed E-state index contributed by atoms with van der Waals surface area (Å²) in [5.41, 5.74) is 2.01. The lowest BCUT2D eigenvalue weighted by atomic mass is 10.0. The minimum Gasteiger partial charge on any atom is -0.380 e. The van der Waals surface area contributed by atoms with Crippen molar-refractivity contribution in [2.75, 3.05) is 43.5 Å². The maximum Gasteiger partial charge on any atom is 0.129 e. The third-order valence-corrected chi connectivity index (χ3v) is 6.65. The van der Waals surface area contributed by atoms with E-state index in [1.807, 2.05) is 17.8 Å². The van der Waals surface area contributed by atoms with E-state index in [0.717, 1.165) is 62.8 Å². The summed E-state index contributed by atoms with van der Waals surface area (Å²) < 4.78 is 20.2. The molecule has 3 aliphatic heterocycles. The van der Waals surface area contributed by atoms with E-state index >= 15 is 0 Å². The largest absolute Gasteiger partial charge is 0.380 e. The van der Waals surface area contributed by atoms with Gasteiger partial charge in [-0.3, -0.25) is 4.90 Å². The van der Waals surface area contributed by atoms with Gasteiger partial charge in [-0.05, 0) is 31.4 Å². The van der Waals surface area contributed by atoms with Gasteiger partial charge < -0.3 is 9.64 Å². The summed E-state index contributed by atoms with van der Waals surface area (Å²) in [6.45, 7) is 5.61. The Hall–Kier alpha value is -0.780. The van der Waals surface area contributed by atoms with E-state index < -0.39 is 0 Å². The lowest BCUT2D eigenvalue weighted by molar-refractivity contribution is 0.0348. The van der Waals surface area contributed by atoms with Crippen LogP contribution in [0.4, 0.5) is 10.1 Å². The molecule has 4 rings (SSSR count). The SMILES string of the molecule is Fc1cccc(N2CCCC2)c1CN1CCSC2COCCC21. The quantitative estimate of drug-likeness (QED) is 0.842. The van der Waals surface area contributed by atoms with Crippen LogP contribution in [0.15, 0.2) is 18.2 Å². The highest BCUT2D eigenvalue weighted by Gasteiger charge is 2.35. The predicted molar refractivity (Wildman–Crippen MR) is 93.7 cm³/mol. The highest BCUT2D eigenvalue weighted by Crippen LogP contribution is 2.34. The molecule has 0 spiro atoms. The van der Waals surface area contributed by atoms with Gasteiger partial charge in [-0.15, -0.1) is 0 Å². The van der Waals surface area contributed by atoms with E-state index in [2.05, 4.69) is 15.9 Å². The molecule has 2 atom stereocenters. The molecule has 5 heteroatoms. The van der Waals surface area contributed by atoms with Gasteiger partial charge in [0.05, 0.1) is 6.61 Å². The average molecular weight is 336 g/mol. The van der Waals surface area contributed by atoms with Crippen LogP contribution in [-0.2, 0) is 11.3 Å². The zero-order valence-electron chi connectivity index (χ0n) is 13.5. The van der Waals surface area contributed by atoms with Crippen molar-refractivity contribution in [3.05, 3.63) is 29.6 Å². The molecule has 1 aromatic carbocycles. The maximum absolute atomic E-state index is 14.6. The third kappa shape index (κ3) is 3.24. The van der Waals surface area contributed by atoms with Gasteiger partial charge in [0.25, 0.3) is 0 Å². The van der Waals surface area contributed by atoms with E-state index in [4.69, 9.17) is 4.74 Å². The zero-order chi connectivity index (χ0) is 15.6. The van der Waals surface area contributed by atoms with Crippen molar-refractivity contribution in [2.24, 2.45) is 0 Å². The second kappa shape index (κ2) is 6.99. The Bertz CT molecular complexity index is 548. The molecule has 0 aliphatic carbocycles. The second-order valence-electron chi connectivity index (χ2n) is 6.74. The molecule has 3 aliphatic rings. The Balaban J connectivity index is 1.57. The topological polar surface area (TPSA) is 15.7 Å². The van der Waals surface area contributed by atoms with Gasteiger partial charge in [-0.1, -0.05) is 6.07 Å². The number of hydrogen-bond donors (Lipinski definition) is 0. The number of fused-ring (bicyclic) bond motifs is 1. The maximum atomic E-state index is 14.6. The molecule has 0 saturated carbocycles. The van der Waals surface area contributed by atoms with Crippen molar-refractivity contribution in [3.63, 3.8) is 0 Å². The number of thioether (sulfide) groups is 1. The lowest BCUT2D eigenvalue weighted by Crippen LogP contribution is -2.51. The molecule has 126 valence electrons. The Labute approximate surface area is 142 Å². The standard InChI is InChI=1S/C18H25FN2OS/c19-15-4-3-5-16(20-7-1-2-8-20)14(15)12-21-9-11-23-18-13-22-10-6-17(18)21/h3-5,17-18H,1-2,6-13H2. The molecule has 3 fully saturated rings. The summed E-state index contributed by atoms with van der Waals surface area (Å²) in [6.07, 6.45) is 3.52. The molecule has 0 bridgehead atoms. The van der Waals surface area contributed by atoms with Crippen molar-refractivity contribution in [3.8, 4) is 0 Å². The first-order chi connectivity index (χ1) is 11.3. The first kappa shape index (κ1) is 15.7. The van der Waals surface area contributed by atoms with Crippen LogP contribution < -0.4 is 4.90 Å². The number of nitrogens with zero attached hydrogens (tertiary/aromatic N) is 2. The van der Waals surface area contributed by atoms with Crippen LogP contribution >= 0.6 is 11.8 Å². The number of ether oxygens (including phenoxy) is 1. The average Bonchev–Trinajstić information content (AvgIpc) is 3.11. The van der Waals surface area contributed by atoms with Crippen LogP contribution in [0.25, 0.3) is 0 Å². The van der Waals surface area contributed by atoms with Crippen LogP contribution in [-0.4, -0.2) is 54.8 Å². The number of rotatable bonds is 3. The van der Waals surface area contributed by atoms with E-state index in [1.165, 1.54) is 12.8 Å². The molecule has 0 amide bonds. The first-order valence-electron chi connectivity index (χ1n) is 8.78. The third-order valence-electron chi connectivity index (χ3n) is 5.35. The second-order valence-corrected chi connectivity index (χ2v) is 8.09. The minimum absolute atomic E-state index is 0.0452. The van der Waals surface area contributed by atoms with E-state index in [0.29, 0.717) is 11.3 Å². The van der Waals surface area contributed by atoms with Crippen LogP contribution in [0.2, 0.25) is 0 Å². The summed E-state index contributed by atoms with van der Waals surface area (Å²) in [5, 5.41) is 0.555. The van der Waals surface area contributed by atoms with E-state index in [-0.39, 0.29) is 5.82 Å². The molecule has 3 saturated heterocycles. The molecule has 3 heterocycles. The van der Waals surface area contributed by atoms with Gasteiger partial charge in [0, 0.05) is 61.1 Å². The van der Waals surface area contributed by atoms with Gasteiger partial charge in [-0.25, -0.2) is 4.39 Å². The Morgan fingerprint density at radius 1 is 1.22 bits per heavy atom. The van der Waals surface area contributed by atoms with Crippen molar-refractivity contribution in [2.45, 2.75) is 37.1 Å². The van der Waals surface area contributed by atoms with Gasteiger partial charge in [0.1, 0.15) is 5.82 Å². The highest BCUT2D eigenvalue weighted by atomic mass is 32.2. The lowest BCUT2D eigenvalue weighted by Gasteiger charge is -2.43. The fraction of sp³-hybridized carbons (Fsp3) is 0.667. The number of anilines is 1. The number of halogens is 1. The van der Waals surface area contributed by atoms with Gasteiger partial charge in [-0.2, -0.15) is 11.8 Å². The van der Waals surface area contributed by atoms with E-state index in [1.54, 1.807) is 6.07 Å². The molecule has 23 heavy (non-hydrogen) atoms. The fourth-order valence-electron chi connectivity index (χ4n) is 4.12. The van der Waals surface area contributed by atoms with Gasteiger partial charge in [0.15, 0.2) is 0 Å². The normalized spacial score (nSPS) is 28.8. The highest BCUT2D eigenvalue weighted by molar-refractivity contribution is 8.00. The van der Waals surface area contributed by atoms with Crippen molar-refractivity contribution in [1.82, 2.24) is 4.90 Å². The van der Waals surface area contributed by atoms with Crippen molar-refractivity contribution in [1.29, 1.82) is 0 Å². The molecular formula is C18H25FN2OS. The predicted octanol–water partition coefficient (Wildman–Crippen LogP) is 3.13. The minimum atomic E-state index is -0.0452. The molecule has 3 nitrogen and oxygen atoms in total. The Kier molecular flexibility index (Phi) is 4.78. The van der Waals surface area contributed by atoms with Gasteiger partial charge >= 0.3 is 0 Å². The summed E-state index contributed by atoms with van der Waals surface area (Å²) in [4.78, 5) is 4.86. The molecule has 1 aromatic rings. The van der Waals surface area contributed by atoms with Crippen molar-refractivity contribution < 1.29 is 9.13 Å².